The lowest BCUT2D eigenvalue weighted by atomic mass is 9.96. The van der Waals surface area contributed by atoms with Crippen LogP contribution in [0.3, 0.4) is 0 Å². The summed E-state index contributed by atoms with van der Waals surface area (Å²) in [5, 5.41) is 48.8. The van der Waals surface area contributed by atoms with Gasteiger partial charge in [-0.15, -0.1) is 0 Å². The van der Waals surface area contributed by atoms with Crippen LogP contribution in [-0.4, -0.2) is 38.1 Å². The summed E-state index contributed by atoms with van der Waals surface area (Å²) in [6, 6.07) is 5.35. The molecule has 0 atom stereocenters. The van der Waals surface area contributed by atoms with Gasteiger partial charge in [-0.1, -0.05) is 19.1 Å². The number of benzene rings is 2. The van der Waals surface area contributed by atoms with Crippen LogP contribution in [0.2, 0.25) is 0 Å². The fourth-order valence-electron chi connectivity index (χ4n) is 2.07. The van der Waals surface area contributed by atoms with Crippen molar-refractivity contribution in [3.05, 3.63) is 29.8 Å². The molecule has 2 aromatic rings. The van der Waals surface area contributed by atoms with Crippen LogP contribution >= 0.6 is 0 Å². The number of carbonyl (C=O) groups excluding carboxylic acids is 1. The minimum atomic E-state index is -1.02. The predicted octanol–water partition coefficient (Wildman–Crippen LogP) is 2.45. The van der Waals surface area contributed by atoms with Gasteiger partial charge in [-0.3, -0.25) is 0 Å². The molecule has 0 fully saturated rings. The van der Waals surface area contributed by atoms with E-state index in [1.54, 1.807) is 6.92 Å². The van der Waals surface area contributed by atoms with Gasteiger partial charge in [0.1, 0.15) is 11.3 Å². The van der Waals surface area contributed by atoms with E-state index in [9.17, 15) is 30.3 Å². The molecule has 7 nitrogen and oxygen atoms in total. The van der Waals surface area contributed by atoms with E-state index in [1.165, 1.54) is 24.3 Å². The van der Waals surface area contributed by atoms with E-state index in [0.29, 0.717) is 6.42 Å². The van der Waals surface area contributed by atoms with Crippen molar-refractivity contribution >= 4 is 5.97 Å². The molecule has 0 unspecified atom stereocenters. The Morgan fingerprint density at radius 2 is 1.48 bits per heavy atom. The van der Waals surface area contributed by atoms with Crippen molar-refractivity contribution in [3.63, 3.8) is 0 Å². The molecule has 0 bridgehead atoms. The molecule has 0 radical (unpaired) electrons. The van der Waals surface area contributed by atoms with Gasteiger partial charge < -0.3 is 30.3 Å². The summed E-state index contributed by atoms with van der Waals surface area (Å²) in [7, 11) is 0. The molecule has 5 N–H and O–H groups in total. The molecular formula is C16H16O7. The number of carbonyl (C=O) groups is 1. The van der Waals surface area contributed by atoms with Crippen molar-refractivity contribution in [1.29, 1.82) is 0 Å². The fraction of sp³-hybridized carbons (Fsp3) is 0.188. The van der Waals surface area contributed by atoms with Crippen LogP contribution in [0.5, 0.6) is 28.7 Å². The Hall–Kier alpha value is -3.09. The summed E-state index contributed by atoms with van der Waals surface area (Å²) in [6.45, 7) is 1.86. The molecule has 2 rings (SSSR count). The Morgan fingerprint density at radius 1 is 0.913 bits per heavy atom. The second kappa shape index (κ2) is 6.35. The average molecular weight is 320 g/mol. The van der Waals surface area contributed by atoms with Crippen LogP contribution < -0.4 is 0 Å². The van der Waals surface area contributed by atoms with Gasteiger partial charge in [0.15, 0.2) is 11.5 Å². The topological polar surface area (TPSA) is 127 Å². The Labute approximate surface area is 131 Å². The summed E-state index contributed by atoms with van der Waals surface area (Å²) in [4.78, 5) is 12.2. The van der Waals surface area contributed by atoms with Crippen LogP contribution in [0, 0.1) is 0 Å². The van der Waals surface area contributed by atoms with E-state index in [0.717, 1.165) is 0 Å². The normalized spacial score (nSPS) is 10.5. The molecule has 0 aromatic heterocycles. The van der Waals surface area contributed by atoms with E-state index in [4.69, 9.17) is 4.74 Å². The van der Waals surface area contributed by atoms with Gasteiger partial charge in [0.05, 0.1) is 6.61 Å². The van der Waals surface area contributed by atoms with E-state index in [-0.39, 0.29) is 23.5 Å². The first kappa shape index (κ1) is 16.3. The van der Waals surface area contributed by atoms with E-state index < -0.39 is 34.5 Å². The predicted molar refractivity (Wildman–Crippen MR) is 80.8 cm³/mol. The van der Waals surface area contributed by atoms with Crippen LogP contribution in [0.25, 0.3) is 11.1 Å². The molecule has 0 heterocycles. The highest BCUT2D eigenvalue weighted by atomic mass is 16.5. The Bertz CT molecular complexity index is 735. The first-order chi connectivity index (χ1) is 10.9. The van der Waals surface area contributed by atoms with Crippen molar-refractivity contribution in [2.45, 2.75) is 13.3 Å². The third kappa shape index (κ3) is 2.94. The number of rotatable bonds is 4. The van der Waals surface area contributed by atoms with Crippen LogP contribution in [-0.2, 0) is 4.74 Å². The zero-order valence-corrected chi connectivity index (χ0v) is 12.3. The van der Waals surface area contributed by atoms with Gasteiger partial charge in [0, 0.05) is 5.56 Å². The summed E-state index contributed by atoms with van der Waals surface area (Å²) in [5.41, 5.74) is -0.454. The van der Waals surface area contributed by atoms with Crippen LogP contribution in [0.15, 0.2) is 24.3 Å². The second-order valence-electron chi connectivity index (χ2n) is 4.83. The minimum absolute atomic E-state index is 0.0458. The van der Waals surface area contributed by atoms with Gasteiger partial charge in [-0.2, -0.15) is 0 Å². The van der Waals surface area contributed by atoms with Gasteiger partial charge in [-0.25, -0.2) is 4.79 Å². The van der Waals surface area contributed by atoms with Crippen molar-refractivity contribution in [3.8, 4) is 39.9 Å². The standard InChI is InChI=1S/C16H16O7/c1-2-7-23-16(22)11-10(8-3-5-9(17)6-4-8)12(18)14(20)15(21)13(11)19/h3-6,17-21H,2,7H2,1H3. The number of ether oxygens (including phenoxy) is 1. The Kier molecular flexibility index (Phi) is 4.49. The molecule has 0 aliphatic carbocycles. The third-order valence-corrected chi connectivity index (χ3v) is 3.19. The summed E-state index contributed by atoms with van der Waals surface area (Å²) in [5.74, 6) is -4.67. The molecule has 122 valence electrons. The van der Waals surface area contributed by atoms with Gasteiger partial charge in [-0.05, 0) is 24.1 Å². The van der Waals surface area contributed by atoms with Crippen molar-refractivity contribution in [2.75, 3.05) is 6.61 Å². The molecule has 23 heavy (non-hydrogen) atoms. The molecule has 7 heteroatoms. The number of aromatic hydroxyl groups is 5. The number of phenols is 5. The highest BCUT2D eigenvalue weighted by Gasteiger charge is 2.29. The first-order valence-electron chi connectivity index (χ1n) is 6.84. The minimum Gasteiger partial charge on any atom is -0.508 e. The summed E-state index contributed by atoms with van der Waals surface area (Å²) >= 11 is 0. The van der Waals surface area contributed by atoms with E-state index in [2.05, 4.69) is 0 Å². The fourth-order valence-corrected chi connectivity index (χ4v) is 2.07. The zero-order chi connectivity index (χ0) is 17.1. The van der Waals surface area contributed by atoms with Crippen LogP contribution in [0.1, 0.15) is 23.7 Å². The maximum atomic E-state index is 12.2. The lowest BCUT2D eigenvalue weighted by Gasteiger charge is -2.15. The lowest BCUT2D eigenvalue weighted by Crippen LogP contribution is -2.08. The summed E-state index contributed by atoms with van der Waals surface area (Å²) in [6.07, 6.45) is 0.539. The SMILES string of the molecule is CCCOC(=O)c1c(O)c(O)c(O)c(O)c1-c1ccc(O)cc1. The molecule has 0 aliphatic rings. The molecule has 0 amide bonds. The first-order valence-corrected chi connectivity index (χ1v) is 6.84. The molecule has 0 saturated carbocycles. The maximum absolute atomic E-state index is 12.2. The Morgan fingerprint density at radius 3 is 2.04 bits per heavy atom. The highest BCUT2D eigenvalue weighted by Crippen LogP contribution is 2.51. The number of hydrogen-bond acceptors (Lipinski definition) is 7. The van der Waals surface area contributed by atoms with E-state index >= 15 is 0 Å². The van der Waals surface area contributed by atoms with Crippen molar-refractivity contribution < 1.29 is 35.1 Å². The number of phenolic OH excluding ortho intramolecular Hbond substituents is 5. The lowest BCUT2D eigenvalue weighted by molar-refractivity contribution is 0.0501. The van der Waals surface area contributed by atoms with Crippen LogP contribution in [0.4, 0.5) is 0 Å². The maximum Gasteiger partial charge on any atom is 0.342 e. The molecular weight excluding hydrogens is 304 g/mol. The van der Waals surface area contributed by atoms with Gasteiger partial charge in [0.2, 0.25) is 11.5 Å². The quantitative estimate of drug-likeness (QED) is 0.332. The highest BCUT2D eigenvalue weighted by molar-refractivity contribution is 6.04. The van der Waals surface area contributed by atoms with E-state index in [1.807, 2.05) is 0 Å². The third-order valence-electron chi connectivity index (χ3n) is 3.19. The van der Waals surface area contributed by atoms with Crippen molar-refractivity contribution in [2.24, 2.45) is 0 Å². The molecule has 0 aliphatic heterocycles. The number of hydrogen-bond donors (Lipinski definition) is 5. The smallest absolute Gasteiger partial charge is 0.342 e. The van der Waals surface area contributed by atoms with Gasteiger partial charge >= 0.3 is 5.97 Å². The number of esters is 1. The molecule has 0 saturated heterocycles. The average Bonchev–Trinajstić information content (AvgIpc) is 2.54. The molecule has 2 aromatic carbocycles. The Balaban J connectivity index is 2.72. The zero-order valence-electron chi connectivity index (χ0n) is 12.3. The summed E-state index contributed by atoms with van der Waals surface area (Å²) < 4.78 is 4.94. The monoisotopic (exact) mass is 320 g/mol. The largest absolute Gasteiger partial charge is 0.508 e. The second-order valence-corrected chi connectivity index (χ2v) is 4.83. The molecule has 0 spiro atoms. The van der Waals surface area contributed by atoms with Gasteiger partial charge in [0.25, 0.3) is 0 Å². The van der Waals surface area contributed by atoms with Crippen molar-refractivity contribution in [1.82, 2.24) is 0 Å².